The number of carboxylic acids is 1. The molecule has 23 heavy (non-hydrogen) atoms. The van der Waals surface area contributed by atoms with Crippen LogP contribution in [0.5, 0.6) is 5.75 Å². The predicted octanol–water partition coefficient (Wildman–Crippen LogP) is -0.0236. The maximum Gasteiger partial charge on any atom is 0.416 e. The Morgan fingerprint density at radius 1 is 1.04 bits per heavy atom. The van der Waals surface area contributed by atoms with Crippen LogP contribution >= 0.6 is 0 Å². The van der Waals surface area contributed by atoms with E-state index in [1.807, 2.05) is 0 Å². The van der Waals surface area contributed by atoms with Crippen LogP contribution < -0.4 is 4.74 Å². The molecule has 10 heteroatoms. The van der Waals surface area contributed by atoms with Gasteiger partial charge in [-0.05, 0) is 24.3 Å². The lowest BCUT2D eigenvalue weighted by Crippen LogP contribution is -2.61. The normalized spacial score (nSPS) is 31.7. The number of hydrogen-bond acceptors (Lipinski definition) is 6. The maximum atomic E-state index is 12.4. The summed E-state index contributed by atoms with van der Waals surface area (Å²) in [6.45, 7) is 0. The molecule has 1 aliphatic heterocycles. The second-order valence-corrected chi connectivity index (χ2v) is 4.88. The summed E-state index contributed by atoms with van der Waals surface area (Å²) in [4.78, 5) is 10.9. The van der Waals surface area contributed by atoms with Gasteiger partial charge in [-0.3, -0.25) is 0 Å². The maximum absolute atomic E-state index is 12.4. The average molecular weight is 338 g/mol. The van der Waals surface area contributed by atoms with Crippen molar-refractivity contribution in [3.8, 4) is 5.75 Å². The third-order valence-electron chi connectivity index (χ3n) is 3.25. The molecule has 1 aromatic carbocycles. The molecule has 2 rings (SSSR count). The lowest BCUT2D eigenvalue weighted by molar-refractivity contribution is -0.271. The summed E-state index contributed by atoms with van der Waals surface area (Å²) in [6, 6.07) is 3.35. The van der Waals surface area contributed by atoms with Gasteiger partial charge in [-0.2, -0.15) is 13.2 Å². The minimum atomic E-state index is -4.53. The van der Waals surface area contributed by atoms with Crippen LogP contribution in [0.1, 0.15) is 5.56 Å². The molecule has 4 N–H and O–H groups in total. The highest BCUT2D eigenvalue weighted by atomic mass is 19.4. The van der Waals surface area contributed by atoms with Crippen LogP contribution in [0.3, 0.4) is 0 Å². The molecule has 128 valence electrons. The van der Waals surface area contributed by atoms with Crippen molar-refractivity contribution in [2.24, 2.45) is 0 Å². The summed E-state index contributed by atoms with van der Waals surface area (Å²) in [6.07, 6.45) is -13.6. The molecule has 1 heterocycles. The molecular weight excluding hydrogens is 325 g/mol. The molecule has 0 bridgehead atoms. The van der Waals surface area contributed by atoms with E-state index in [2.05, 4.69) is 0 Å². The molecule has 0 aromatic heterocycles. The quantitative estimate of drug-likeness (QED) is 0.612. The first kappa shape index (κ1) is 17.5. The van der Waals surface area contributed by atoms with Crippen LogP contribution in [-0.4, -0.2) is 57.1 Å². The van der Waals surface area contributed by atoms with Gasteiger partial charge in [0, 0.05) is 0 Å². The molecule has 0 spiro atoms. The Balaban J connectivity index is 2.13. The molecule has 1 aromatic rings. The molecule has 5 unspecified atom stereocenters. The summed E-state index contributed by atoms with van der Waals surface area (Å²) >= 11 is 0. The molecule has 0 radical (unpaired) electrons. The molecule has 1 fully saturated rings. The lowest BCUT2D eigenvalue weighted by Gasteiger charge is -2.38. The number of halogens is 3. The topological polar surface area (TPSA) is 116 Å². The van der Waals surface area contributed by atoms with Gasteiger partial charge in [0.05, 0.1) is 5.56 Å². The minimum absolute atomic E-state index is 0.144. The van der Waals surface area contributed by atoms with E-state index in [0.29, 0.717) is 0 Å². The van der Waals surface area contributed by atoms with Crippen LogP contribution in [0.25, 0.3) is 0 Å². The van der Waals surface area contributed by atoms with Crippen LogP contribution in [0.4, 0.5) is 13.2 Å². The highest BCUT2D eigenvalue weighted by Crippen LogP contribution is 2.31. The van der Waals surface area contributed by atoms with Gasteiger partial charge in [-0.15, -0.1) is 0 Å². The number of alkyl halides is 3. The van der Waals surface area contributed by atoms with E-state index < -0.39 is 48.4 Å². The molecule has 1 saturated heterocycles. The number of hydrogen-bond donors (Lipinski definition) is 4. The average Bonchev–Trinajstić information content (AvgIpc) is 2.47. The summed E-state index contributed by atoms with van der Waals surface area (Å²) in [5.41, 5.74) is -0.922. The largest absolute Gasteiger partial charge is 0.479 e. The van der Waals surface area contributed by atoms with E-state index in [4.69, 9.17) is 14.6 Å². The summed E-state index contributed by atoms with van der Waals surface area (Å²) in [7, 11) is 0. The Morgan fingerprint density at radius 3 is 2.09 bits per heavy atom. The zero-order valence-electron chi connectivity index (χ0n) is 11.3. The molecule has 7 nitrogen and oxygen atoms in total. The van der Waals surface area contributed by atoms with Gasteiger partial charge in [0.15, 0.2) is 6.10 Å². The number of aliphatic carboxylic acids is 1. The van der Waals surface area contributed by atoms with E-state index in [1.54, 1.807) is 0 Å². The van der Waals surface area contributed by atoms with Crippen molar-refractivity contribution >= 4 is 5.97 Å². The first-order valence-corrected chi connectivity index (χ1v) is 6.37. The van der Waals surface area contributed by atoms with Crippen LogP contribution in [0, 0.1) is 0 Å². The van der Waals surface area contributed by atoms with Gasteiger partial charge in [-0.25, -0.2) is 4.79 Å². The fourth-order valence-corrected chi connectivity index (χ4v) is 2.01. The highest BCUT2D eigenvalue weighted by molar-refractivity contribution is 5.73. The Kier molecular flexibility index (Phi) is 4.80. The number of aliphatic hydroxyl groups excluding tert-OH is 3. The molecule has 0 aliphatic carbocycles. The van der Waals surface area contributed by atoms with Gasteiger partial charge in [0.1, 0.15) is 24.1 Å². The second-order valence-electron chi connectivity index (χ2n) is 4.88. The van der Waals surface area contributed by atoms with Crippen LogP contribution in [0.2, 0.25) is 0 Å². The zero-order valence-corrected chi connectivity index (χ0v) is 11.3. The zero-order chi connectivity index (χ0) is 17.4. The molecule has 0 amide bonds. The lowest BCUT2D eigenvalue weighted by atomic mass is 9.99. The summed E-state index contributed by atoms with van der Waals surface area (Å²) in [5.74, 6) is -1.74. The monoisotopic (exact) mass is 338 g/mol. The van der Waals surface area contributed by atoms with E-state index >= 15 is 0 Å². The van der Waals surface area contributed by atoms with E-state index in [0.717, 1.165) is 24.3 Å². The van der Waals surface area contributed by atoms with Crippen molar-refractivity contribution in [1.82, 2.24) is 0 Å². The number of ether oxygens (including phenoxy) is 2. The van der Waals surface area contributed by atoms with Crippen LogP contribution in [0.15, 0.2) is 24.3 Å². The fourth-order valence-electron chi connectivity index (χ4n) is 2.01. The molecule has 0 saturated carbocycles. The van der Waals surface area contributed by atoms with Crippen molar-refractivity contribution < 1.29 is 47.9 Å². The smallest absolute Gasteiger partial charge is 0.416 e. The van der Waals surface area contributed by atoms with Gasteiger partial charge in [0.25, 0.3) is 0 Å². The van der Waals surface area contributed by atoms with Gasteiger partial charge < -0.3 is 29.9 Å². The standard InChI is InChI=1S/C13H13F3O7/c14-13(15,16)5-1-3-6(4-2-5)22-12-9(19)7(17)8(18)10(23-12)11(20)21/h1-4,7-10,12,17-19H,(H,20,21). The SMILES string of the molecule is O=C(O)C1OC(Oc2ccc(C(F)(F)F)cc2)C(O)C(O)C1O. The molecule has 1 aliphatic rings. The number of rotatable bonds is 3. The summed E-state index contributed by atoms with van der Waals surface area (Å²) in [5, 5.41) is 37.7. The van der Waals surface area contributed by atoms with Crippen molar-refractivity contribution in [2.75, 3.05) is 0 Å². The highest BCUT2D eigenvalue weighted by Gasteiger charge is 2.48. The number of carboxylic acid groups (broad SMARTS) is 1. The Bertz CT molecular complexity index is 560. The van der Waals surface area contributed by atoms with Gasteiger partial charge in [-0.1, -0.05) is 0 Å². The molecule has 5 atom stereocenters. The fraction of sp³-hybridized carbons (Fsp3) is 0.462. The second kappa shape index (κ2) is 6.32. The minimum Gasteiger partial charge on any atom is -0.479 e. The van der Waals surface area contributed by atoms with Crippen molar-refractivity contribution in [3.05, 3.63) is 29.8 Å². The molecular formula is C13H13F3O7. The van der Waals surface area contributed by atoms with Crippen molar-refractivity contribution in [2.45, 2.75) is 36.9 Å². The Hall–Kier alpha value is -1.88. The van der Waals surface area contributed by atoms with Crippen molar-refractivity contribution in [1.29, 1.82) is 0 Å². The Labute approximate surface area is 127 Å². The van der Waals surface area contributed by atoms with Crippen LogP contribution in [-0.2, 0) is 15.7 Å². The van der Waals surface area contributed by atoms with Crippen molar-refractivity contribution in [3.63, 3.8) is 0 Å². The van der Waals surface area contributed by atoms with Gasteiger partial charge in [0.2, 0.25) is 6.29 Å². The van der Waals surface area contributed by atoms with E-state index in [9.17, 15) is 33.3 Å². The summed E-state index contributed by atoms with van der Waals surface area (Å²) < 4.78 is 47.2. The Morgan fingerprint density at radius 2 is 1.61 bits per heavy atom. The van der Waals surface area contributed by atoms with Gasteiger partial charge >= 0.3 is 12.1 Å². The number of aliphatic hydroxyl groups is 3. The third kappa shape index (κ3) is 3.72. The first-order valence-electron chi connectivity index (χ1n) is 6.37. The third-order valence-corrected chi connectivity index (χ3v) is 3.25. The number of carbonyl (C=O) groups is 1. The number of benzene rings is 1. The predicted molar refractivity (Wildman–Crippen MR) is 66.4 cm³/mol. The van der Waals surface area contributed by atoms with E-state index in [1.165, 1.54) is 0 Å². The first-order chi connectivity index (χ1) is 10.6. The van der Waals surface area contributed by atoms with E-state index in [-0.39, 0.29) is 5.75 Å².